The Bertz CT molecular complexity index is 476. The van der Waals surface area contributed by atoms with E-state index in [1.54, 1.807) is 4.90 Å². The zero-order valence-electron chi connectivity index (χ0n) is 15.2. The first-order chi connectivity index (χ1) is 12.0. The third-order valence-electron chi connectivity index (χ3n) is 5.57. The van der Waals surface area contributed by atoms with Crippen molar-refractivity contribution in [3.8, 4) is 0 Å². The number of carboxylic acids is 1. The molecule has 2 rings (SSSR count). The Morgan fingerprint density at radius 3 is 2.36 bits per heavy atom. The molecule has 1 heterocycles. The van der Waals surface area contributed by atoms with Crippen LogP contribution in [0.2, 0.25) is 0 Å². The van der Waals surface area contributed by atoms with Crippen LogP contribution in [-0.4, -0.2) is 44.8 Å². The molecule has 2 atom stereocenters. The normalized spacial score (nSPS) is 24.9. The Kier molecular flexibility index (Phi) is 8.27. The minimum Gasteiger partial charge on any atom is -0.480 e. The van der Waals surface area contributed by atoms with Crippen LogP contribution in [0.3, 0.4) is 0 Å². The number of amides is 1. The van der Waals surface area contributed by atoms with Gasteiger partial charge in [0.2, 0.25) is 5.91 Å². The van der Waals surface area contributed by atoms with E-state index in [2.05, 4.69) is 0 Å². The number of nitrogens with zero attached hydrogens (tertiary/aromatic N) is 1. The van der Waals surface area contributed by atoms with Crippen LogP contribution >= 0.6 is 11.8 Å². The molecule has 0 spiro atoms. The zero-order valence-corrected chi connectivity index (χ0v) is 16.1. The molecule has 1 aliphatic heterocycles. The summed E-state index contributed by atoms with van der Waals surface area (Å²) >= 11 is 1.14. The van der Waals surface area contributed by atoms with Crippen molar-refractivity contribution in [2.75, 3.05) is 5.75 Å². The van der Waals surface area contributed by atoms with Gasteiger partial charge in [0.15, 0.2) is 5.12 Å². The van der Waals surface area contributed by atoms with Crippen molar-refractivity contribution in [2.24, 2.45) is 5.92 Å². The van der Waals surface area contributed by atoms with Crippen molar-refractivity contribution in [1.29, 1.82) is 0 Å². The van der Waals surface area contributed by atoms with Crippen LogP contribution in [0.4, 0.5) is 0 Å². The quantitative estimate of drug-likeness (QED) is 0.738. The van der Waals surface area contributed by atoms with Crippen molar-refractivity contribution in [3.63, 3.8) is 0 Å². The van der Waals surface area contributed by atoms with Crippen LogP contribution in [0.5, 0.6) is 0 Å². The molecule has 142 valence electrons. The highest BCUT2D eigenvalue weighted by Crippen LogP contribution is 2.32. The summed E-state index contributed by atoms with van der Waals surface area (Å²) in [6.07, 6.45) is 11.1. The van der Waals surface area contributed by atoms with Crippen LogP contribution < -0.4 is 0 Å². The molecule has 6 heteroatoms. The van der Waals surface area contributed by atoms with Gasteiger partial charge in [-0.25, -0.2) is 4.79 Å². The van der Waals surface area contributed by atoms with Gasteiger partial charge in [-0.1, -0.05) is 43.9 Å². The van der Waals surface area contributed by atoms with E-state index in [0.717, 1.165) is 43.4 Å². The standard InChI is InChI=1S/C19H31NO4S/c1-14(21)25-13-12-18(22)20-16(8-5-9-17(20)19(23)24)11-10-15-6-3-2-4-7-15/h15-17H,2-13H2,1H3,(H,23,24). The first-order valence-electron chi connectivity index (χ1n) is 9.66. The van der Waals surface area contributed by atoms with Gasteiger partial charge in [0, 0.05) is 25.1 Å². The van der Waals surface area contributed by atoms with E-state index in [9.17, 15) is 19.5 Å². The number of rotatable bonds is 7. The lowest BCUT2D eigenvalue weighted by Gasteiger charge is -2.41. The Morgan fingerprint density at radius 1 is 1.00 bits per heavy atom. The highest BCUT2D eigenvalue weighted by atomic mass is 32.2. The summed E-state index contributed by atoms with van der Waals surface area (Å²) in [6, 6.07) is -0.647. The Morgan fingerprint density at radius 2 is 1.72 bits per heavy atom. The van der Waals surface area contributed by atoms with Gasteiger partial charge in [0.1, 0.15) is 6.04 Å². The molecular formula is C19H31NO4S. The molecule has 0 aromatic heterocycles. The maximum atomic E-state index is 12.7. The van der Waals surface area contributed by atoms with Crippen molar-refractivity contribution in [1.82, 2.24) is 4.90 Å². The van der Waals surface area contributed by atoms with Gasteiger partial charge in [-0.05, 0) is 38.0 Å². The average molecular weight is 370 g/mol. The second kappa shape index (κ2) is 10.2. The predicted octanol–water partition coefficient (Wildman–Crippen LogP) is 3.85. The molecule has 1 saturated heterocycles. The number of carboxylic acid groups (broad SMARTS) is 1. The zero-order chi connectivity index (χ0) is 18.2. The maximum absolute atomic E-state index is 12.7. The third-order valence-corrected chi connectivity index (χ3v) is 6.39. The Hall–Kier alpha value is -1.04. The van der Waals surface area contributed by atoms with Crippen LogP contribution in [0.1, 0.15) is 77.6 Å². The maximum Gasteiger partial charge on any atom is 0.326 e. The summed E-state index contributed by atoms with van der Waals surface area (Å²) < 4.78 is 0. The molecular weight excluding hydrogens is 338 g/mol. The molecule has 2 aliphatic rings. The Balaban J connectivity index is 1.96. The fourth-order valence-electron chi connectivity index (χ4n) is 4.30. The lowest BCUT2D eigenvalue weighted by molar-refractivity contribution is -0.155. The fourth-order valence-corrected chi connectivity index (χ4v) is 4.86. The van der Waals surface area contributed by atoms with E-state index >= 15 is 0 Å². The van der Waals surface area contributed by atoms with Crippen LogP contribution in [0.15, 0.2) is 0 Å². The molecule has 0 bridgehead atoms. The van der Waals surface area contributed by atoms with Crippen molar-refractivity contribution in [2.45, 2.75) is 89.6 Å². The number of piperidine rings is 1. The molecule has 2 unspecified atom stereocenters. The van der Waals surface area contributed by atoms with Gasteiger partial charge < -0.3 is 10.0 Å². The topological polar surface area (TPSA) is 74.7 Å². The van der Waals surface area contributed by atoms with Crippen LogP contribution in [0.25, 0.3) is 0 Å². The predicted molar refractivity (Wildman–Crippen MR) is 99.5 cm³/mol. The average Bonchev–Trinajstić information content (AvgIpc) is 2.60. The second-order valence-electron chi connectivity index (χ2n) is 7.41. The molecule has 1 amide bonds. The summed E-state index contributed by atoms with van der Waals surface area (Å²) in [4.78, 5) is 37.1. The van der Waals surface area contributed by atoms with Crippen molar-refractivity contribution < 1.29 is 19.5 Å². The molecule has 1 aliphatic carbocycles. The van der Waals surface area contributed by atoms with Gasteiger partial charge in [0.25, 0.3) is 0 Å². The van der Waals surface area contributed by atoms with Gasteiger partial charge in [0.05, 0.1) is 0 Å². The van der Waals surface area contributed by atoms with Crippen LogP contribution in [-0.2, 0) is 14.4 Å². The van der Waals surface area contributed by atoms with Gasteiger partial charge in [-0.15, -0.1) is 0 Å². The second-order valence-corrected chi connectivity index (χ2v) is 8.68. The third kappa shape index (κ3) is 6.32. The first-order valence-corrected chi connectivity index (χ1v) is 10.6. The van der Waals surface area contributed by atoms with E-state index in [1.807, 2.05) is 0 Å². The van der Waals surface area contributed by atoms with Crippen LogP contribution in [0, 0.1) is 5.92 Å². The molecule has 0 aromatic carbocycles. The SMILES string of the molecule is CC(=O)SCCC(=O)N1C(CCC2CCCCC2)CCCC1C(=O)O. The first kappa shape index (κ1) is 20.3. The molecule has 25 heavy (non-hydrogen) atoms. The van der Waals surface area contributed by atoms with E-state index in [4.69, 9.17) is 0 Å². The Labute approximate surface area is 154 Å². The molecule has 0 radical (unpaired) electrons. The number of carbonyl (C=O) groups excluding carboxylic acids is 2. The number of likely N-dealkylation sites (tertiary alicyclic amines) is 1. The van der Waals surface area contributed by atoms with E-state index in [0.29, 0.717) is 12.2 Å². The summed E-state index contributed by atoms with van der Waals surface area (Å²) in [5.74, 6) is 0.181. The summed E-state index contributed by atoms with van der Waals surface area (Å²) in [5, 5.41) is 9.55. The monoisotopic (exact) mass is 369 g/mol. The lowest BCUT2D eigenvalue weighted by Crippen LogP contribution is -2.53. The number of carbonyl (C=O) groups is 3. The van der Waals surface area contributed by atoms with Crippen molar-refractivity contribution in [3.05, 3.63) is 0 Å². The highest BCUT2D eigenvalue weighted by molar-refractivity contribution is 8.13. The summed E-state index contributed by atoms with van der Waals surface area (Å²) in [5.41, 5.74) is 0. The van der Waals surface area contributed by atoms with Gasteiger partial charge in [-0.3, -0.25) is 9.59 Å². The number of hydrogen-bond donors (Lipinski definition) is 1. The van der Waals surface area contributed by atoms with E-state index in [1.165, 1.54) is 39.0 Å². The largest absolute Gasteiger partial charge is 0.480 e. The van der Waals surface area contributed by atoms with E-state index < -0.39 is 12.0 Å². The fraction of sp³-hybridized carbons (Fsp3) is 0.842. The molecule has 1 N–H and O–H groups in total. The minimum atomic E-state index is -0.894. The number of aliphatic carboxylic acids is 1. The van der Waals surface area contributed by atoms with Gasteiger partial charge >= 0.3 is 5.97 Å². The lowest BCUT2D eigenvalue weighted by atomic mass is 9.83. The molecule has 0 aromatic rings. The van der Waals surface area contributed by atoms with Gasteiger partial charge in [-0.2, -0.15) is 0 Å². The summed E-state index contributed by atoms with van der Waals surface area (Å²) in [7, 11) is 0. The molecule has 2 fully saturated rings. The molecule has 5 nitrogen and oxygen atoms in total. The number of thioether (sulfide) groups is 1. The minimum absolute atomic E-state index is 0.00456. The molecule has 1 saturated carbocycles. The highest BCUT2D eigenvalue weighted by Gasteiger charge is 2.37. The van der Waals surface area contributed by atoms with Crippen molar-refractivity contribution >= 4 is 28.8 Å². The number of hydrogen-bond acceptors (Lipinski definition) is 4. The smallest absolute Gasteiger partial charge is 0.326 e. The summed E-state index contributed by atoms with van der Waals surface area (Å²) in [6.45, 7) is 1.49. The van der Waals surface area contributed by atoms with E-state index in [-0.39, 0.29) is 23.5 Å².